The Bertz CT molecular complexity index is 572. The predicted octanol–water partition coefficient (Wildman–Crippen LogP) is 0.0283. The summed E-state index contributed by atoms with van der Waals surface area (Å²) in [5.41, 5.74) is 5.88. The minimum absolute atomic E-state index is 0.00412. The van der Waals surface area contributed by atoms with Gasteiger partial charge in [-0.15, -0.1) is 0 Å². The molecule has 3 N–H and O–H groups in total. The number of piperazine rings is 1. The Kier molecular flexibility index (Phi) is 3.07. The van der Waals surface area contributed by atoms with Crippen molar-refractivity contribution < 1.29 is 14.5 Å². The van der Waals surface area contributed by atoms with Gasteiger partial charge in [-0.3, -0.25) is 25.0 Å². The highest BCUT2D eigenvalue weighted by Crippen LogP contribution is 2.28. The average molecular weight is 264 g/mol. The first-order valence-corrected chi connectivity index (χ1v) is 5.54. The van der Waals surface area contributed by atoms with Crippen LogP contribution in [0.3, 0.4) is 0 Å². The molecule has 2 amide bonds. The monoisotopic (exact) mass is 264 g/mol. The number of nitrogens with one attached hydrogen (secondary N) is 1. The van der Waals surface area contributed by atoms with Crippen LogP contribution in [-0.4, -0.2) is 29.3 Å². The lowest BCUT2D eigenvalue weighted by Gasteiger charge is -2.33. The van der Waals surface area contributed by atoms with Crippen LogP contribution in [0.15, 0.2) is 18.2 Å². The highest BCUT2D eigenvalue weighted by Gasteiger charge is 2.30. The molecule has 100 valence electrons. The van der Waals surface area contributed by atoms with Crippen LogP contribution in [0, 0.1) is 10.1 Å². The third-order valence-corrected chi connectivity index (χ3v) is 2.96. The van der Waals surface area contributed by atoms with E-state index >= 15 is 0 Å². The largest absolute Gasteiger partial charge is 0.393 e. The number of benzene rings is 1. The lowest BCUT2D eigenvalue weighted by Crippen LogP contribution is -2.57. The van der Waals surface area contributed by atoms with E-state index in [1.54, 1.807) is 11.8 Å². The first kappa shape index (κ1) is 12.8. The molecule has 1 saturated heterocycles. The highest BCUT2D eigenvalue weighted by atomic mass is 16.6. The van der Waals surface area contributed by atoms with Crippen LogP contribution in [0.4, 0.5) is 17.1 Å². The maximum absolute atomic E-state index is 11.5. The van der Waals surface area contributed by atoms with Gasteiger partial charge in [0, 0.05) is 11.8 Å². The molecule has 0 saturated carbocycles. The summed E-state index contributed by atoms with van der Waals surface area (Å²) in [4.78, 5) is 34.5. The van der Waals surface area contributed by atoms with Crippen molar-refractivity contribution in [2.24, 2.45) is 0 Å². The zero-order valence-corrected chi connectivity index (χ0v) is 10.1. The highest BCUT2D eigenvalue weighted by molar-refractivity contribution is 6.04. The summed E-state index contributed by atoms with van der Waals surface area (Å²) in [5, 5.41) is 12.9. The van der Waals surface area contributed by atoms with Crippen LogP contribution >= 0.6 is 0 Å². The van der Waals surface area contributed by atoms with Crippen molar-refractivity contribution in [3.05, 3.63) is 28.3 Å². The Morgan fingerprint density at radius 2 is 2.16 bits per heavy atom. The van der Waals surface area contributed by atoms with E-state index in [9.17, 15) is 19.7 Å². The molecular weight excluding hydrogens is 252 g/mol. The number of anilines is 2. The van der Waals surface area contributed by atoms with E-state index in [-0.39, 0.29) is 17.9 Å². The molecule has 1 aromatic carbocycles. The summed E-state index contributed by atoms with van der Waals surface area (Å²) in [6.07, 6.45) is 0. The normalized spacial score (nSPS) is 19.2. The van der Waals surface area contributed by atoms with Gasteiger partial charge in [0.15, 0.2) is 0 Å². The first-order valence-electron chi connectivity index (χ1n) is 5.54. The number of amides is 2. The number of nitrogens with two attached hydrogens (primary N) is 1. The molecule has 1 heterocycles. The van der Waals surface area contributed by atoms with Gasteiger partial charge >= 0.3 is 0 Å². The fraction of sp³-hybridized carbons (Fsp3) is 0.273. The van der Waals surface area contributed by atoms with Gasteiger partial charge in [0.25, 0.3) is 5.69 Å². The van der Waals surface area contributed by atoms with Gasteiger partial charge in [0.05, 0.1) is 11.5 Å². The molecule has 1 aliphatic rings. The van der Waals surface area contributed by atoms with Gasteiger partial charge in [-0.1, -0.05) is 0 Å². The molecule has 1 atom stereocenters. The number of hydrogen-bond acceptors (Lipinski definition) is 6. The smallest absolute Gasteiger partial charge is 0.292 e. The molecule has 8 nitrogen and oxygen atoms in total. The number of carbonyl (C=O) groups excluding carboxylic acids is 2. The number of imide groups is 1. The van der Waals surface area contributed by atoms with Gasteiger partial charge in [0.2, 0.25) is 11.8 Å². The van der Waals surface area contributed by atoms with Crippen LogP contribution in [-0.2, 0) is 9.59 Å². The summed E-state index contributed by atoms with van der Waals surface area (Å²) in [7, 11) is 0. The molecule has 0 spiro atoms. The summed E-state index contributed by atoms with van der Waals surface area (Å²) >= 11 is 0. The van der Waals surface area contributed by atoms with Crippen LogP contribution in [0.2, 0.25) is 0 Å². The summed E-state index contributed by atoms with van der Waals surface area (Å²) in [5.74, 6) is -0.826. The summed E-state index contributed by atoms with van der Waals surface area (Å²) in [6.45, 7) is 1.64. The number of nitrogen functional groups attached to an aromatic ring is 1. The second-order valence-corrected chi connectivity index (χ2v) is 4.22. The van der Waals surface area contributed by atoms with E-state index < -0.39 is 22.8 Å². The molecule has 1 aliphatic heterocycles. The van der Waals surface area contributed by atoms with E-state index in [4.69, 9.17) is 5.73 Å². The van der Waals surface area contributed by atoms with E-state index in [0.717, 1.165) is 0 Å². The molecule has 8 heteroatoms. The van der Waals surface area contributed by atoms with Crippen molar-refractivity contribution in [2.45, 2.75) is 13.0 Å². The van der Waals surface area contributed by atoms with Crippen molar-refractivity contribution in [1.82, 2.24) is 5.32 Å². The van der Waals surface area contributed by atoms with Gasteiger partial charge in [-0.25, -0.2) is 0 Å². The SMILES string of the molecule is CC1C(=O)NC(=O)CN1c1ccc([N+](=O)[O-])c(N)c1. The second-order valence-electron chi connectivity index (χ2n) is 4.22. The van der Waals surface area contributed by atoms with Crippen molar-refractivity contribution in [3.63, 3.8) is 0 Å². The van der Waals surface area contributed by atoms with Crippen molar-refractivity contribution >= 4 is 28.9 Å². The van der Waals surface area contributed by atoms with Crippen LogP contribution in [0.5, 0.6) is 0 Å². The topological polar surface area (TPSA) is 119 Å². The maximum atomic E-state index is 11.5. The molecule has 1 aromatic rings. The third-order valence-electron chi connectivity index (χ3n) is 2.96. The molecule has 19 heavy (non-hydrogen) atoms. The third kappa shape index (κ3) is 2.32. The van der Waals surface area contributed by atoms with Crippen molar-refractivity contribution in [1.29, 1.82) is 0 Å². The molecule has 0 radical (unpaired) electrons. The fourth-order valence-electron chi connectivity index (χ4n) is 1.92. The quantitative estimate of drug-likeness (QED) is 0.336. The molecular formula is C11H12N4O4. The molecule has 1 unspecified atom stereocenters. The fourth-order valence-corrected chi connectivity index (χ4v) is 1.92. The summed E-state index contributed by atoms with van der Waals surface area (Å²) in [6, 6.07) is 3.57. The zero-order valence-electron chi connectivity index (χ0n) is 10.1. The number of nitrogens with zero attached hydrogens (tertiary/aromatic N) is 2. The number of rotatable bonds is 2. The average Bonchev–Trinajstić information content (AvgIpc) is 2.33. The minimum atomic E-state index is -0.587. The maximum Gasteiger partial charge on any atom is 0.292 e. The molecule has 0 aromatic heterocycles. The molecule has 2 rings (SSSR count). The Morgan fingerprint density at radius 3 is 2.74 bits per heavy atom. The Balaban J connectivity index is 2.36. The lowest BCUT2D eigenvalue weighted by atomic mass is 10.1. The van der Waals surface area contributed by atoms with Crippen LogP contribution in [0.25, 0.3) is 0 Å². The van der Waals surface area contributed by atoms with Crippen molar-refractivity contribution in [3.8, 4) is 0 Å². The van der Waals surface area contributed by atoms with Gasteiger partial charge in [-0.05, 0) is 19.1 Å². The molecule has 1 fully saturated rings. The zero-order chi connectivity index (χ0) is 14.2. The number of hydrogen-bond donors (Lipinski definition) is 2. The minimum Gasteiger partial charge on any atom is -0.393 e. The van der Waals surface area contributed by atoms with E-state index in [1.807, 2.05) is 0 Å². The number of nitro groups is 1. The first-order chi connectivity index (χ1) is 8.90. The number of nitro benzene ring substituents is 1. The van der Waals surface area contributed by atoms with E-state index in [2.05, 4.69) is 5.32 Å². The standard InChI is InChI=1S/C11H12N4O4/c1-6-11(17)13-10(16)5-14(6)7-2-3-9(15(18)19)8(12)4-7/h2-4,6H,5,12H2,1H3,(H,13,16,17). The van der Waals surface area contributed by atoms with E-state index in [0.29, 0.717) is 5.69 Å². The lowest BCUT2D eigenvalue weighted by molar-refractivity contribution is -0.383. The van der Waals surface area contributed by atoms with Gasteiger partial charge in [-0.2, -0.15) is 0 Å². The second kappa shape index (κ2) is 4.56. The van der Waals surface area contributed by atoms with Crippen molar-refractivity contribution in [2.75, 3.05) is 17.2 Å². The van der Waals surface area contributed by atoms with E-state index in [1.165, 1.54) is 18.2 Å². The molecule has 0 aliphatic carbocycles. The van der Waals surface area contributed by atoms with Gasteiger partial charge in [0.1, 0.15) is 11.7 Å². The van der Waals surface area contributed by atoms with Crippen LogP contribution < -0.4 is 16.0 Å². The van der Waals surface area contributed by atoms with Gasteiger partial charge < -0.3 is 10.6 Å². The molecule has 0 bridgehead atoms. The Labute approximate surface area is 108 Å². The Morgan fingerprint density at radius 1 is 1.47 bits per heavy atom. The predicted molar refractivity (Wildman–Crippen MR) is 67.5 cm³/mol. The van der Waals surface area contributed by atoms with Crippen LogP contribution in [0.1, 0.15) is 6.92 Å². The number of carbonyl (C=O) groups is 2. The Hall–Kier alpha value is -2.64. The summed E-state index contributed by atoms with van der Waals surface area (Å²) < 4.78 is 0.